The van der Waals surface area contributed by atoms with Gasteiger partial charge in [0, 0.05) is 63.2 Å². The normalized spacial score (nSPS) is 19.8. The Morgan fingerprint density at radius 1 is 0.551 bits per heavy atom. The van der Waals surface area contributed by atoms with Gasteiger partial charge in [0.2, 0.25) is 11.4 Å². The van der Waals surface area contributed by atoms with Gasteiger partial charge in [0.15, 0.2) is 18.0 Å². The van der Waals surface area contributed by atoms with Crippen molar-refractivity contribution in [3.63, 3.8) is 0 Å². The van der Waals surface area contributed by atoms with Crippen LogP contribution in [0.15, 0.2) is 143 Å². The third-order valence-corrected chi connectivity index (χ3v) is 11.4. The summed E-state index contributed by atoms with van der Waals surface area (Å²) in [7, 11) is 0. The van der Waals surface area contributed by atoms with Gasteiger partial charge in [-0.1, -0.05) is 108 Å². The second-order valence-corrected chi connectivity index (χ2v) is 16.7. The molecule has 0 aliphatic carbocycles. The molecule has 1 unspecified atom stereocenters. The molecule has 1 saturated heterocycles. The van der Waals surface area contributed by atoms with Gasteiger partial charge in [0.05, 0.1) is 11.0 Å². The summed E-state index contributed by atoms with van der Waals surface area (Å²) in [6, 6.07) is 47.2. The molecular weight excluding hydrogens is 617 g/mol. The smallest absolute Gasteiger partial charge is 0.225 e. The number of pyridine rings is 1. The molecule has 0 spiro atoms. The first-order chi connectivity index (χ1) is 23.5. The van der Waals surface area contributed by atoms with Crippen LogP contribution in [-0.4, -0.2) is 9.55 Å². The molecule has 9 rings (SSSR count). The fraction of sp³-hybridized carbons (Fsp3) is 0.182. The molecule has 2 aromatic heterocycles. The van der Waals surface area contributed by atoms with Gasteiger partial charge in [-0.15, -0.1) is 0 Å². The topological polar surface area (TPSA) is 17.8 Å². The molecule has 0 bridgehead atoms. The lowest BCUT2D eigenvalue weighted by atomic mass is 9.87. The minimum atomic E-state index is 0.0339. The van der Waals surface area contributed by atoms with Gasteiger partial charge in [0.1, 0.15) is 5.82 Å². The molecular formula is C44H41N4S+. The van der Waals surface area contributed by atoms with E-state index in [1.165, 1.54) is 65.5 Å². The molecule has 0 radical (unpaired) electrons. The van der Waals surface area contributed by atoms with Crippen LogP contribution in [0.2, 0.25) is 0 Å². The zero-order valence-electron chi connectivity index (χ0n) is 29.0. The van der Waals surface area contributed by atoms with E-state index in [4.69, 9.17) is 4.98 Å². The first-order valence-electron chi connectivity index (χ1n) is 17.2. The van der Waals surface area contributed by atoms with Gasteiger partial charge in [-0.3, -0.25) is 4.57 Å². The highest BCUT2D eigenvalue weighted by atomic mass is 32.2. The third kappa shape index (κ3) is 4.42. The lowest BCUT2D eigenvalue weighted by Gasteiger charge is -2.40. The first-order valence-corrected chi connectivity index (χ1v) is 18.0. The van der Waals surface area contributed by atoms with Crippen LogP contribution >= 0.6 is 11.8 Å². The summed E-state index contributed by atoms with van der Waals surface area (Å²) in [5.41, 5.74) is 10.4. The zero-order valence-corrected chi connectivity index (χ0v) is 29.8. The van der Waals surface area contributed by atoms with Crippen LogP contribution in [0.4, 0.5) is 22.7 Å². The number of para-hydroxylation sites is 3. The van der Waals surface area contributed by atoms with Crippen molar-refractivity contribution in [3.8, 4) is 5.82 Å². The monoisotopic (exact) mass is 657 g/mol. The molecule has 4 nitrogen and oxygen atoms in total. The quantitative estimate of drug-likeness (QED) is 0.104. The van der Waals surface area contributed by atoms with Crippen molar-refractivity contribution in [3.05, 3.63) is 151 Å². The minimum absolute atomic E-state index is 0.0339. The molecule has 0 N–H and O–H groups in total. The predicted molar refractivity (Wildman–Crippen MR) is 207 cm³/mol. The highest BCUT2D eigenvalue weighted by Crippen LogP contribution is 2.75. The molecule has 7 aromatic rings. The fourth-order valence-electron chi connectivity index (χ4n) is 7.80. The molecule has 242 valence electrons. The average Bonchev–Trinajstić information content (AvgIpc) is 3.58. The number of rotatable bonds is 5. The second kappa shape index (κ2) is 10.4. The summed E-state index contributed by atoms with van der Waals surface area (Å²) in [5, 5.41) is 2.48. The molecule has 5 aromatic carbocycles. The number of benzene rings is 5. The number of hydrogen-bond acceptors (Lipinski definition) is 2. The van der Waals surface area contributed by atoms with Crippen LogP contribution in [0.5, 0.6) is 0 Å². The largest absolute Gasteiger partial charge is 0.294 e. The Morgan fingerprint density at radius 3 is 1.90 bits per heavy atom. The summed E-state index contributed by atoms with van der Waals surface area (Å²) in [6.45, 7) is 16.1. The molecule has 0 amide bonds. The van der Waals surface area contributed by atoms with E-state index in [0.29, 0.717) is 4.59 Å². The van der Waals surface area contributed by atoms with Gasteiger partial charge in [-0.25, -0.2) is 4.98 Å². The Balaban J connectivity index is 1.12. The number of nitrogens with zero attached hydrogens (tertiary/aromatic N) is 4. The summed E-state index contributed by atoms with van der Waals surface area (Å²) >= 11 is 1.82. The van der Waals surface area contributed by atoms with Gasteiger partial charge in [0.25, 0.3) is 0 Å². The van der Waals surface area contributed by atoms with E-state index in [2.05, 4.69) is 180 Å². The van der Waals surface area contributed by atoms with Crippen molar-refractivity contribution in [2.75, 3.05) is 0 Å². The van der Waals surface area contributed by atoms with E-state index in [9.17, 15) is 0 Å². The minimum Gasteiger partial charge on any atom is -0.294 e. The molecule has 5 heteroatoms. The van der Waals surface area contributed by atoms with Crippen LogP contribution < -0.4 is 9.18 Å². The van der Waals surface area contributed by atoms with E-state index in [1.807, 2.05) is 18.0 Å². The number of fused-ring (bicyclic) bond motifs is 7. The molecule has 49 heavy (non-hydrogen) atoms. The summed E-state index contributed by atoms with van der Waals surface area (Å²) in [4.78, 5) is 7.32. The van der Waals surface area contributed by atoms with Crippen molar-refractivity contribution in [2.45, 2.75) is 62.2 Å². The Bertz CT molecular complexity index is 2440. The molecule has 2 atom stereocenters. The average molecular weight is 658 g/mol. The van der Waals surface area contributed by atoms with Crippen LogP contribution in [0, 0.1) is 6.67 Å². The third-order valence-electron chi connectivity index (χ3n) is 10.4. The number of quaternary nitrogens is 2. The van der Waals surface area contributed by atoms with Gasteiger partial charge in [-0.2, -0.15) is 9.18 Å². The van der Waals surface area contributed by atoms with E-state index >= 15 is 0 Å². The Morgan fingerprint density at radius 2 is 1.16 bits per heavy atom. The Labute approximate surface area is 293 Å². The Kier molecular flexibility index (Phi) is 6.46. The highest BCUT2D eigenvalue weighted by Gasteiger charge is 2.77. The number of aromatic nitrogens is 2. The van der Waals surface area contributed by atoms with Crippen LogP contribution in [0.1, 0.15) is 52.7 Å². The molecule has 2 aliphatic heterocycles. The van der Waals surface area contributed by atoms with Crippen molar-refractivity contribution in [1.29, 1.82) is 0 Å². The SMILES string of the molecule is CC(C)(C)c1cccc([N@+]23[CH-][N+]2(c2cccc(Sc4ccc5c6ccccc6n(-c6cc(C(C)(C)C)ccn6)c5c4)c2)c2ccccc23)c1. The van der Waals surface area contributed by atoms with Crippen LogP contribution in [-0.2, 0) is 10.8 Å². The first kappa shape index (κ1) is 30.4. The maximum atomic E-state index is 4.89. The second-order valence-electron chi connectivity index (χ2n) is 15.6. The Hall–Kier alpha value is -4.68. The summed E-state index contributed by atoms with van der Waals surface area (Å²) < 4.78 is 3.76. The molecule has 1 fully saturated rings. The van der Waals surface area contributed by atoms with E-state index in [1.54, 1.807) is 0 Å². The molecule has 2 aliphatic rings. The van der Waals surface area contributed by atoms with Crippen molar-refractivity contribution in [2.24, 2.45) is 0 Å². The summed E-state index contributed by atoms with van der Waals surface area (Å²) in [5.74, 6) is 0.955. The lowest BCUT2D eigenvalue weighted by molar-refractivity contribution is 0.426. The fourth-order valence-corrected chi connectivity index (χ4v) is 8.71. The predicted octanol–water partition coefficient (Wildman–Crippen LogP) is 12.3. The van der Waals surface area contributed by atoms with Crippen LogP contribution in [0.25, 0.3) is 27.6 Å². The highest BCUT2D eigenvalue weighted by molar-refractivity contribution is 7.99. The maximum absolute atomic E-state index is 4.89. The van der Waals surface area contributed by atoms with E-state index in [-0.39, 0.29) is 10.8 Å². The molecule has 4 heterocycles. The van der Waals surface area contributed by atoms with Gasteiger partial charge >= 0.3 is 0 Å². The van der Waals surface area contributed by atoms with Crippen molar-refractivity contribution in [1.82, 2.24) is 18.7 Å². The van der Waals surface area contributed by atoms with Crippen molar-refractivity contribution < 1.29 is 0 Å². The van der Waals surface area contributed by atoms with Gasteiger partial charge in [-0.05, 0) is 58.4 Å². The molecule has 0 saturated carbocycles. The standard InChI is InChI=1S/C44H41N4S/c1-43(2,3)30-13-11-14-32(25-30)47-29-48(47,41-20-10-9-19-40(41)47)33-15-12-16-34(27-33)49-35-21-22-37-36-17-7-8-18-38(36)46(39(37)28-35)42-26-31(23-24-45-42)44(4,5)6/h7-29H,1-6H3/q+1/t47-,48?/m0/s1. The van der Waals surface area contributed by atoms with Crippen LogP contribution in [0.3, 0.4) is 0 Å². The summed E-state index contributed by atoms with van der Waals surface area (Å²) in [6.07, 6.45) is 1.95. The van der Waals surface area contributed by atoms with E-state index in [0.717, 1.165) is 10.4 Å². The van der Waals surface area contributed by atoms with Gasteiger partial charge < -0.3 is 0 Å². The lowest BCUT2D eigenvalue weighted by Crippen LogP contribution is -2.46. The van der Waals surface area contributed by atoms with Crippen molar-refractivity contribution >= 4 is 56.3 Å². The zero-order chi connectivity index (χ0) is 33.8. The van der Waals surface area contributed by atoms with E-state index < -0.39 is 0 Å². The maximum Gasteiger partial charge on any atom is 0.225 e. The number of hydrogen-bond donors (Lipinski definition) is 0.